The van der Waals surface area contributed by atoms with E-state index in [1.54, 1.807) is 6.92 Å². The zero-order valence-corrected chi connectivity index (χ0v) is 5.30. The van der Waals surface area contributed by atoms with Crippen LogP contribution in [0, 0.1) is 0 Å². The summed E-state index contributed by atoms with van der Waals surface area (Å²) in [4.78, 5) is 14.2. The molecule has 0 aromatic heterocycles. The van der Waals surface area contributed by atoms with Crippen molar-refractivity contribution >= 4 is 11.7 Å². The summed E-state index contributed by atoms with van der Waals surface area (Å²) < 4.78 is 0. The Balaban J connectivity index is 2.89. The van der Waals surface area contributed by atoms with Crippen LogP contribution >= 0.6 is 0 Å². The fourth-order valence-electron chi connectivity index (χ4n) is 0.688. The van der Waals surface area contributed by atoms with Crippen molar-refractivity contribution in [2.75, 3.05) is 0 Å². The third-order valence-corrected chi connectivity index (χ3v) is 1.11. The molecule has 2 N–H and O–H groups in total. The van der Waals surface area contributed by atoms with Crippen LogP contribution in [0.1, 0.15) is 13.8 Å². The third kappa shape index (κ3) is 0.929. The lowest BCUT2D eigenvalue weighted by molar-refractivity contribution is -0.133. The first-order valence-corrected chi connectivity index (χ1v) is 2.62. The molecule has 1 rings (SSSR count). The molecular formula is C5H8N2O2. The lowest BCUT2D eigenvalue weighted by Gasteiger charge is -2.06. The fourth-order valence-corrected chi connectivity index (χ4v) is 0.688. The molecule has 0 saturated carbocycles. The fraction of sp³-hybridized carbons (Fsp3) is 0.600. The molecular weight excluding hydrogens is 120 g/mol. The maximum absolute atomic E-state index is 10.6. The first-order valence-electron chi connectivity index (χ1n) is 2.62. The number of nitrogens with zero attached hydrogens (tertiary/aromatic N) is 1. The normalized spacial score (nSPS) is 34.1. The number of amides is 1. The molecule has 0 bridgehead atoms. The second-order valence-corrected chi connectivity index (χ2v) is 2.17. The van der Waals surface area contributed by atoms with Crippen molar-refractivity contribution in [3.63, 3.8) is 0 Å². The number of aliphatic imine (C=N–C) groups is 1. The molecule has 0 radical (unpaired) electrons. The van der Waals surface area contributed by atoms with Crippen LogP contribution in [0.4, 0.5) is 0 Å². The molecule has 0 saturated heterocycles. The van der Waals surface area contributed by atoms with Gasteiger partial charge in [0, 0.05) is 0 Å². The summed E-state index contributed by atoms with van der Waals surface area (Å²) in [6.07, 6.45) is 0. The standard InChI is InChI=1S/C5H8N2O2/c1-3-6-4(8)5(2,9)7-3/h9H,1-2H3,(H,6,7,8). The first kappa shape index (κ1) is 6.22. The van der Waals surface area contributed by atoms with Crippen LogP contribution in [-0.2, 0) is 4.79 Å². The predicted molar refractivity (Wildman–Crippen MR) is 31.9 cm³/mol. The highest BCUT2D eigenvalue weighted by atomic mass is 16.3. The van der Waals surface area contributed by atoms with Gasteiger partial charge in [-0.25, -0.2) is 4.99 Å². The van der Waals surface area contributed by atoms with Gasteiger partial charge in [0.05, 0.1) is 0 Å². The van der Waals surface area contributed by atoms with E-state index in [9.17, 15) is 4.79 Å². The molecule has 1 heterocycles. The zero-order chi connectivity index (χ0) is 7.07. The Kier molecular flexibility index (Phi) is 1.06. The van der Waals surface area contributed by atoms with Crippen LogP contribution < -0.4 is 5.32 Å². The van der Waals surface area contributed by atoms with E-state index in [0.29, 0.717) is 5.84 Å². The Labute approximate surface area is 52.6 Å². The van der Waals surface area contributed by atoms with E-state index >= 15 is 0 Å². The second-order valence-electron chi connectivity index (χ2n) is 2.17. The maximum Gasteiger partial charge on any atom is 0.280 e. The van der Waals surface area contributed by atoms with Gasteiger partial charge in [-0.1, -0.05) is 0 Å². The van der Waals surface area contributed by atoms with Crippen molar-refractivity contribution in [1.29, 1.82) is 0 Å². The Hall–Kier alpha value is -0.900. The molecule has 1 amide bonds. The number of amidine groups is 1. The quantitative estimate of drug-likeness (QED) is 0.450. The summed E-state index contributed by atoms with van der Waals surface area (Å²) in [5.74, 6) is 0.00463. The van der Waals surface area contributed by atoms with E-state index in [4.69, 9.17) is 5.11 Å². The molecule has 0 aliphatic carbocycles. The van der Waals surface area contributed by atoms with Gasteiger partial charge in [-0.15, -0.1) is 0 Å². The van der Waals surface area contributed by atoms with Gasteiger partial charge in [-0.05, 0) is 13.8 Å². The molecule has 1 aliphatic heterocycles. The van der Waals surface area contributed by atoms with E-state index in [1.165, 1.54) is 6.92 Å². The summed E-state index contributed by atoms with van der Waals surface area (Å²) in [6, 6.07) is 0. The van der Waals surface area contributed by atoms with E-state index < -0.39 is 11.6 Å². The Morgan fingerprint density at radius 3 is 2.44 bits per heavy atom. The monoisotopic (exact) mass is 128 g/mol. The summed E-state index contributed by atoms with van der Waals surface area (Å²) in [5, 5.41) is 11.4. The minimum atomic E-state index is -1.54. The van der Waals surface area contributed by atoms with Crippen molar-refractivity contribution < 1.29 is 9.90 Å². The van der Waals surface area contributed by atoms with Gasteiger partial charge in [0.1, 0.15) is 5.84 Å². The molecule has 0 aromatic carbocycles. The van der Waals surface area contributed by atoms with Crippen LogP contribution in [0.2, 0.25) is 0 Å². The van der Waals surface area contributed by atoms with E-state index in [1.807, 2.05) is 0 Å². The second kappa shape index (κ2) is 1.54. The van der Waals surface area contributed by atoms with Crippen molar-refractivity contribution in [2.45, 2.75) is 19.6 Å². The van der Waals surface area contributed by atoms with Gasteiger partial charge in [-0.3, -0.25) is 4.79 Å². The van der Waals surface area contributed by atoms with Crippen LogP contribution in [0.3, 0.4) is 0 Å². The van der Waals surface area contributed by atoms with Crippen LogP contribution in [0.15, 0.2) is 4.99 Å². The average molecular weight is 128 g/mol. The van der Waals surface area contributed by atoms with Crippen molar-refractivity contribution in [2.24, 2.45) is 4.99 Å². The van der Waals surface area contributed by atoms with Crippen LogP contribution in [-0.4, -0.2) is 22.6 Å². The van der Waals surface area contributed by atoms with Gasteiger partial charge in [0.15, 0.2) is 0 Å². The SMILES string of the molecule is CC1=NC(C)(O)C(=O)N1. The number of hydrogen-bond donors (Lipinski definition) is 2. The number of aliphatic hydroxyl groups is 1. The molecule has 0 fully saturated rings. The lowest BCUT2D eigenvalue weighted by atomic mass is 10.3. The van der Waals surface area contributed by atoms with Gasteiger partial charge >= 0.3 is 0 Å². The molecule has 1 unspecified atom stereocenters. The Morgan fingerprint density at radius 2 is 2.33 bits per heavy atom. The highest BCUT2D eigenvalue weighted by molar-refractivity contribution is 6.05. The highest BCUT2D eigenvalue weighted by Crippen LogP contribution is 2.10. The summed E-state index contributed by atoms with van der Waals surface area (Å²) in [6.45, 7) is 2.97. The van der Waals surface area contributed by atoms with E-state index in [-0.39, 0.29) is 0 Å². The third-order valence-electron chi connectivity index (χ3n) is 1.11. The molecule has 0 aromatic rings. The molecule has 1 aliphatic rings. The zero-order valence-electron chi connectivity index (χ0n) is 5.30. The average Bonchev–Trinajstić information content (AvgIpc) is 1.79. The molecule has 4 heteroatoms. The van der Waals surface area contributed by atoms with Crippen LogP contribution in [0.25, 0.3) is 0 Å². The molecule has 4 nitrogen and oxygen atoms in total. The topological polar surface area (TPSA) is 61.7 Å². The van der Waals surface area contributed by atoms with Gasteiger partial charge < -0.3 is 10.4 Å². The van der Waals surface area contributed by atoms with E-state index in [0.717, 1.165) is 0 Å². The van der Waals surface area contributed by atoms with Crippen molar-refractivity contribution in [3.05, 3.63) is 0 Å². The largest absolute Gasteiger partial charge is 0.362 e. The Morgan fingerprint density at radius 1 is 1.78 bits per heavy atom. The van der Waals surface area contributed by atoms with Gasteiger partial charge in [-0.2, -0.15) is 0 Å². The summed E-state index contributed by atoms with van der Waals surface area (Å²) in [7, 11) is 0. The number of carbonyl (C=O) groups is 1. The molecule has 0 spiro atoms. The first-order chi connectivity index (χ1) is 4.02. The minimum Gasteiger partial charge on any atom is -0.362 e. The lowest BCUT2D eigenvalue weighted by Crippen LogP contribution is -2.36. The number of nitrogens with one attached hydrogen (secondary N) is 1. The summed E-state index contributed by atoms with van der Waals surface area (Å²) >= 11 is 0. The van der Waals surface area contributed by atoms with Crippen LogP contribution in [0.5, 0.6) is 0 Å². The smallest absolute Gasteiger partial charge is 0.280 e. The van der Waals surface area contributed by atoms with Crippen molar-refractivity contribution in [1.82, 2.24) is 5.32 Å². The van der Waals surface area contributed by atoms with Gasteiger partial charge in [0.25, 0.3) is 5.91 Å². The van der Waals surface area contributed by atoms with E-state index in [2.05, 4.69) is 10.3 Å². The Bertz CT molecular complexity index is 183. The van der Waals surface area contributed by atoms with Crippen molar-refractivity contribution in [3.8, 4) is 0 Å². The molecule has 9 heavy (non-hydrogen) atoms. The summed E-state index contributed by atoms with van der Waals surface area (Å²) in [5.41, 5.74) is -1.54. The number of rotatable bonds is 0. The highest BCUT2D eigenvalue weighted by Gasteiger charge is 2.34. The predicted octanol–water partition coefficient (Wildman–Crippen LogP) is -0.757. The number of carbonyl (C=O) groups excluding carboxylic acids is 1. The number of hydrogen-bond acceptors (Lipinski definition) is 3. The minimum absolute atomic E-state index is 0.458. The molecule has 50 valence electrons. The molecule has 1 atom stereocenters. The van der Waals surface area contributed by atoms with Gasteiger partial charge in [0.2, 0.25) is 5.72 Å². The maximum atomic E-state index is 10.6.